The number of nitrogens with one attached hydrogen (secondary N) is 1. The summed E-state index contributed by atoms with van der Waals surface area (Å²) in [5.41, 5.74) is 2.33. The van der Waals surface area contributed by atoms with E-state index in [9.17, 15) is 0 Å². The fourth-order valence-corrected chi connectivity index (χ4v) is 3.84. The van der Waals surface area contributed by atoms with Gasteiger partial charge in [-0.1, -0.05) is 6.07 Å². The van der Waals surface area contributed by atoms with Gasteiger partial charge in [0, 0.05) is 21.1 Å². The third-order valence-corrected chi connectivity index (χ3v) is 4.90. The maximum atomic E-state index is 4.39. The van der Waals surface area contributed by atoms with Crippen LogP contribution >= 0.6 is 27.3 Å². The van der Waals surface area contributed by atoms with Gasteiger partial charge in [-0.3, -0.25) is 0 Å². The Balaban J connectivity index is 2.15. The highest BCUT2D eigenvalue weighted by Crippen LogP contribution is 2.34. The van der Waals surface area contributed by atoms with Gasteiger partial charge >= 0.3 is 0 Å². The Hall–Kier alpha value is -1.17. The monoisotopic (exact) mass is 321 g/mol. The quantitative estimate of drug-likeness (QED) is 0.800. The molecule has 0 amide bonds. The van der Waals surface area contributed by atoms with Crippen molar-refractivity contribution in [1.82, 2.24) is 14.9 Å². The molecule has 1 atom stereocenters. The van der Waals surface area contributed by atoms with E-state index in [1.54, 1.807) is 11.3 Å². The molecule has 0 radical (unpaired) electrons. The number of pyridine rings is 1. The third kappa shape index (κ3) is 1.88. The second-order valence-corrected chi connectivity index (χ2v) is 5.79. The van der Waals surface area contributed by atoms with Crippen LogP contribution in [0.4, 0.5) is 0 Å². The molecular formula is C13H12BrN3S. The van der Waals surface area contributed by atoms with Crippen molar-refractivity contribution >= 4 is 32.8 Å². The first-order valence-electron chi connectivity index (χ1n) is 5.63. The molecule has 92 valence electrons. The Bertz CT molecular complexity index is 673. The van der Waals surface area contributed by atoms with Crippen LogP contribution in [0.2, 0.25) is 0 Å². The molecule has 3 heterocycles. The predicted molar refractivity (Wildman–Crippen MR) is 78.1 cm³/mol. The summed E-state index contributed by atoms with van der Waals surface area (Å²) in [6.45, 7) is 0. The van der Waals surface area contributed by atoms with Gasteiger partial charge in [0.1, 0.15) is 0 Å². The molecule has 1 N–H and O–H groups in total. The average molecular weight is 322 g/mol. The molecule has 3 nitrogen and oxygen atoms in total. The summed E-state index contributed by atoms with van der Waals surface area (Å²) in [4.78, 5) is 1.27. The fraction of sp³-hybridized carbons (Fsp3) is 0.154. The molecule has 0 aliphatic heterocycles. The van der Waals surface area contributed by atoms with E-state index >= 15 is 0 Å². The molecule has 3 aromatic heterocycles. The normalized spacial score (nSPS) is 13.0. The lowest BCUT2D eigenvalue weighted by Gasteiger charge is -2.14. The highest BCUT2D eigenvalue weighted by atomic mass is 79.9. The van der Waals surface area contributed by atoms with Crippen molar-refractivity contribution in [1.29, 1.82) is 0 Å². The van der Waals surface area contributed by atoms with Gasteiger partial charge in [0.05, 0.1) is 17.8 Å². The minimum atomic E-state index is 0.166. The molecule has 0 fully saturated rings. The van der Waals surface area contributed by atoms with E-state index in [0.29, 0.717) is 0 Å². The zero-order valence-electron chi connectivity index (χ0n) is 9.80. The summed E-state index contributed by atoms with van der Waals surface area (Å²) >= 11 is 5.34. The van der Waals surface area contributed by atoms with Crippen LogP contribution in [0.3, 0.4) is 0 Å². The first kappa shape index (κ1) is 11.9. The van der Waals surface area contributed by atoms with Gasteiger partial charge in [-0.25, -0.2) is 4.52 Å². The maximum absolute atomic E-state index is 4.39. The molecule has 0 aliphatic carbocycles. The molecule has 0 spiro atoms. The number of aromatic nitrogens is 2. The Morgan fingerprint density at radius 3 is 3.00 bits per heavy atom. The van der Waals surface area contributed by atoms with Crippen molar-refractivity contribution in [2.75, 3.05) is 7.05 Å². The summed E-state index contributed by atoms with van der Waals surface area (Å²) < 4.78 is 3.04. The Labute approximate surface area is 118 Å². The number of thiophene rings is 1. The summed E-state index contributed by atoms with van der Waals surface area (Å²) in [7, 11) is 1.98. The first-order chi connectivity index (χ1) is 8.81. The van der Waals surface area contributed by atoms with Crippen molar-refractivity contribution in [3.8, 4) is 0 Å². The van der Waals surface area contributed by atoms with Crippen molar-refractivity contribution in [3.63, 3.8) is 0 Å². The second kappa shape index (κ2) is 4.84. The number of nitrogens with zero attached hydrogens (tertiary/aromatic N) is 2. The van der Waals surface area contributed by atoms with Crippen molar-refractivity contribution in [3.05, 3.63) is 57.0 Å². The van der Waals surface area contributed by atoms with Crippen LogP contribution in [0.15, 0.2) is 46.5 Å². The molecule has 5 heteroatoms. The number of hydrogen-bond donors (Lipinski definition) is 1. The average Bonchev–Trinajstić information content (AvgIpc) is 2.99. The lowest BCUT2D eigenvalue weighted by Crippen LogP contribution is -2.16. The molecular weight excluding hydrogens is 310 g/mol. The van der Waals surface area contributed by atoms with E-state index in [1.807, 2.05) is 36.1 Å². The van der Waals surface area contributed by atoms with Crippen LogP contribution in [-0.4, -0.2) is 16.7 Å². The van der Waals surface area contributed by atoms with Crippen molar-refractivity contribution < 1.29 is 0 Å². The Kier molecular flexibility index (Phi) is 3.20. The molecule has 0 saturated carbocycles. The Morgan fingerprint density at radius 1 is 1.39 bits per heavy atom. The van der Waals surface area contributed by atoms with Gasteiger partial charge in [0.25, 0.3) is 0 Å². The summed E-state index contributed by atoms with van der Waals surface area (Å²) in [5.74, 6) is 0. The van der Waals surface area contributed by atoms with Crippen LogP contribution in [0.5, 0.6) is 0 Å². The van der Waals surface area contributed by atoms with Crippen molar-refractivity contribution in [2.45, 2.75) is 6.04 Å². The molecule has 3 aromatic rings. The van der Waals surface area contributed by atoms with E-state index in [1.165, 1.54) is 10.4 Å². The topological polar surface area (TPSA) is 29.3 Å². The van der Waals surface area contributed by atoms with E-state index in [0.717, 1.165) is 9.99 Å². The predicted octanol–water partition coefficient (Wildman–Crippen LogP) is 3.47. The zero-order valence-corrected chi connectivity index (χ0v) is 12.2. The SMILES string of the molecule is CNC(c1sccc1Br)c1cnn2ccccc12. The highest BCUT2D eigenvalue weighted by Gasteiger charge is 2.19. The van der Waals surface area contributed by atoms with E-state index < -0.39 is 0 Å². The van der Waals surface area contributed by atoms with Crippen LogP contribution in [0.1, 0.15) is 16.5 Å². The van der Waals surface area contributed by atoms with E-state index in [4.69, 9.17) is 0 Å². The standard InChI is InChI=1S/C13H12BrN3S/c1-15-12(13-10(14)5-7-18-13)9-8-16-17-6-3-2-4-11(9)17/h2-8,12,15H,1H3. The Morgan fingerprint density at radius 2 is 2.28 bits per heavy atom. The maximum Gasteiger partial charge on any atom is 0.0717 e. The van der Waals surface area contributed by atoms with Crippen LogP contribution in [0, 0.1) is 0 Å². The third-order valence-electron chi connectivity index (χ3n) is 2.96. The van der Waals surface area contributed by atoms with Gasteiger partial charge in [-0.2, -0.15) is 5.10 Å². The lowest BCUT2D eigenvalue weighted by atomic mass is 10.1. The van der Waals surface area contributed by atoms with Crippen LogP contribution in [-0.2, 0) is 0 Å². The fourth-order valence-electron chi connectivity index (χ4n) is 2.12. The molecule has 0 aromatic carbocycles. The minimum absolute atomic E-state index is 0.166. The summed E-state index contributed by atoms with van der Waals surface area (Å²) in [6, 6.07) is 8.36. The molecule has 0 saturated heterocycles. The van der Waals surface area contributed by atoms with Gasteiger partial charge in [-0.05, 0) is 46.6 Å². The molecule has 18 heavy (non-hydrogen) atoms. The highest BCUT2D eigenvalue weighted by molar-refractivity contribution is 9.10. The number of fused-ring (bicyclic) bond motifs is 1. The molecule has 3 rings (SSSR count). The van der Waals surface area contributed by atoms with Gasteiger partial charge in [0.2, 0.25) is 0 Å². The molecule has 0 bridgehead atoms. The van der Waals surface area contributed by atoms with Crippen LogP contribution in [0.25, 0.3) is 5.52 Å². The minimum Gasteiger partial charge on any atom is -0.309 e. The zero-order chi connectivity index (χ0) is 12.5. The van der Waals surface area contributed by atoms with Gasteiger partial charge < -0.3 is 5.32 Å². The summed E-state index contributed by atoms with van der Waals surface area (Å²) in [6.07, 6.45) is 3.90. The summed E-state index contributed by atoms with van der Waals surface area (Å²) in [5, 5.41) is 9.85. The van der Waals surface area contributed by atoms with Gasteiger partial charge in [0.15, 0.2) is 0 Å². The van der Waals surface area contributed by atoms with Crippen LogP contribution < -0.4 is 5.32 Å². The number of halogens is 1. The molecule has 0 aliphatic rings. The van der Waals surface area contributed by atoms with E-state index in [2.05, 4.69) is 43.9 Å². The van der Waals surface area contributed by atoms with Crippen molar-refractivity contribution in [2.24, 2.45) is 0 Å². The van der Waals surface area contributed by atoms with Gasteiger partial charge in [-0.15, -0.1) is 11.3 Å². The second-order valence-electron chi connectivity index (χ2n) is 3.98. The smallest absolute Gasteiger partial charge is 0.0717 e. The van der Waals surface area contributed by atoms with E-state index in [-0.39, 0.29) is 6.04 Å². The number of hydrogen-bond acceptors (Lipinski definition) is 3. The molecule has 1 unspecified atom stereocenters. The lowest BCUT2D eigenvalue weighted by molar-refractivity contribution is 0.706. The first-order valence-corrected chi connectivity index (χ1v) is 7.31. The number of rotatable bonds is 3. The largest absolute Gasteiger partial charge is 0.309 e.